The molecule has 4 N–H and O–H groups in total. The molecule has 20 heavy (non-hydrogen) atoms. The molecule has 0 aliphatic heterocycles. The molecule has 0 aromatic heterocycles. The van der Waals surface area contributed by atoms with Crippen LogP contribution >= 0.6 is 11.6 Å². The van der Waals surface area contributed by atoms with Crippen LogP contribution in [0.3, 0.4) is 0 Å². The molecule has 0 spiro atoms. The second kappa shape index (κ2) is 6.25. The molecule has 2 rings (SSSR count). The van der Waals surface area contributed by atoms with E-state index < -0.39 is 5.82 Å². The van der Waals surface area contributed by atoms with Gasteiger partial charge in [0.25, 0.3) is 0 Å². The van der Waals surface area contributed by atoms with Gasteiger partial charge in [-0.25, -0.2) is 4.39 Å². The first kappa shape index (κ1) is 14.1. The Bertz CT molecular complexity index is 629. The average molecular weight is 294 g/mol. The largest absolute Gasteiger partial charge is 0.409 e. The lowest BCUT2D eigenvalue weighted by molar-refractivity contribution is 0.318. The summed E-state index contributed by atoms with van der Waals surface area (Å²) in [6, 6.07) is 11.7. The van der Waals surface area contributed by atoms with E-state index in [4.69, 9.17) is 22.5 Å². The van der Waals surface area contributed by atoms with Crippen molar-refractivity contribution in [1.82, 2.24) is 0 Å². The molecule has 0 amide bonds. The van der Waals surface area contributed by atoms with Crippen LogP contribution in [0.1, 0.15) is 11.1 Å². The van der Waals surface area contributed by atoms with Crippen molar-refractivity contribution in [3.8, 4) is 0 Å². The molecule has 0 atom stereocenters. The molecule has 6 heteroatoms. The molecular weight excluding hydrogens is 281 g/mol. The number of benzene rings is 2. The predicted octanol–water partition coefficient (Wildman–Crippen LogP) is 3.19. The van der Waals surface area contributed by atoms with E-state index in [9.17, 15) is 4.39 Å². The standard InChI is InChI=1S/C14H13ClFN3O/c15-12-6-5-11(7-13(12)16)18-8-9-1-3-10(4-2-9)14(17)19-20/h1-7,18,20H,8H2,(H2,17,19). The Hall–Kier alpha value is -2.27. The molecule has 0 aliphatic carbocycles. The van der Waals surface area contributed by atoms with E-state index in [1.807, 2.05) is 12.1 Å². The first-order chi connectivity index (χ1) is 9.60. The summed E-state index contributed by atoms with van der Waals surface area (Å²) < 4.78 is 13.3. The van der Waals surface area contributed by atoms with Gasteiger partial charge in [-0.15, -0.1) is 0 Å². The molecule has 0 radical (unpaired) electrons. The monoisotopic (exact) mass is 293 g/mol. The number of anilines is 1. The zero-order chi connectivity index (χ0) is 14.5. The fourth-order valence-electron chi connectivity index (χ4n) is 1.66. The van der Waals surface area contributed by atoms with Crippen LogP contribution in [0, 0.1) is 5.82 Å². The molecule has 0 saturated carbocycles. The molecule has 0 fully saturated rings. The van der Waals surface area contributed by atoms with Crippen molar-refractivity contribution in [1.29, 1.82) is 0 Å². The van der Waals surface area contributed by atoms with E-state index in [2.05, 4.69) is 10.5 Å². The second-order valence-electron chi connectivity index (χ2n) is 4.16. The zero-order valence-corrected chi connectivity index (χ0v) is 11.2. The average Bonchev–Trinajstić information content (AvgIpc) is 2.48. The first-order valence-electron chi connectivity index (χ1n) is 5.86. The molecule has 0 saturated heterocycles. The molecular formula is C14H13ClFN3O. The summed E-state index contributed by atoms with van der Waals surface area (Å²) >= 11 is 5.61. The second-order valence-corrected chi connectivity index (χ2v) is 4.57. The number of amidine groups is 1. The van der Waals surface area contributed by atoms with Crippen molar-refractivity contribution in [2.24, 2.45) is 10.9 Å². The van der Waals surface area contributed by atoms with E-state index in [0.717, 1.165) is 5.56 Å². The van der Waals surface area contributed by atoms with Gasteiger partial charge in [-0.2, -0.15) is 0 Å². The fraction of sp³-hybridized carbons (Fsp3) is 0.0714. The van der Waals surface area contributed by atoms with Gasteiger partial charge < -0.3 is 16.3 Å². The van der Waals surface area contributed by atoms with Crippen LogP contribution in [0.2, 0.25) is 5.02 Å². The lowest BCUT2D eigenvalue weighted by Gasteiger charge is -2.08. The molecule has 0 unspecified atom stereocenters. The molecule has 0 bridgehead atoms. The third-order valence-corrected chi connectivity index (χ3v) is 3.08. The van der Waals surface area contributed by atoms with E-state index >= 15 is 0 Å². The summed E-state index contributed by atoms with van der Waals surface area (Å²) in [5.41, 5.74) is 7.73. The maximum absolute atomic E-state index is 13.3. The van der Waals surface area contributed by atoms with Gasteiger partial charge in [0.1, 0.15) is 5.82 Å². The van der Waals surface area contributed by atoms with Crippen LogP contribution in [0.4, 0.5) is 10.1 Å². The van der Waals surface area contributed by atoms with Crippen LogP contribution in [0.15, 0.2) is 47.6 Å². The van der Waals surface area contributed by atoms with Crippen molar-refractivity contribution in [3.05, 3.63) is 64.4 Å². The third kappa shape index (κ3) is 3.39. The highest BCUT2D eigenvalue weighted by atomic mass is 35.5. The Labute approximate surface area is 120 Å². The summed E-state index contributed by atoms with van der Waals surface area (Å²) in [6.07, 6.45) is 0. The maximum atomic E-state index is 13.3. The Kier molecular flexibility index (Phi) is 4.42. The van der Waals surface area contributed by atoms with Crippen molar-refractivity contribution in [2.45, 2.75) is 6.54 Å². The number of halogens is 2. The number of hydrogen-bond donors (Lipinski definition) is 3. The number of rotatable bonds is 4. The summed E-state index contributed by atoms with van der Waals surface area (Å²) in [5.74, 6) is -0.400. The van der Waals surface area contributed by atoms with Gasteiger partial charge in [0.05, 0.1) is 5.02 Å². The van der Waals surface area contributed by atoms with Gasteiger partial charge in [-0.05, 0) is 23.8 Å². The summed E-state index contributed by atoms with van der Waals surface area (Å²) in [5, 5.41) is 14.7. The van der Waals surface area contributed by atoms with Gasteiger partial charge in [0.15, 0.2) is 5.84 Å². The summed E-state index contributed by atoms with van der Waals surface area (Å²) in [6.45, 7) is 0.525. The lowest BCUT2D eigenvalue weighted by atomic mass is 10.1. The van der Waals surface area contributed by atoms with Gasteiger partial charge >= 0.3 is 0 Å². The van der Waals surface area contributed by atoms with Crippen molar-refractivity contribution in [2.75, 3.05) is 5.32 Å². The van der Waals surface area contributed by atoms with E-state index in [1.165, 1.54) is 12.1 Å². The number of hydrogen-bond acceptors (Lipinski definition) is 3. The highest BCUT2D eigenvalue weighted by molar-refractivity contribution is 6.30. The van der Waals surface area contributed by atoms with Gasteiger partial charge in [-0.1, -0.05) is 41.0 Å². The fourth-order valence-corrected chi connectivity index (χ4v) is 1.78. The summed E-state index contributed by atoms with van der Waals surface area (Å²) in [7, 11) is 0. The van der Waals surface area contributed by atoms with E-state index in [1.54, 1.807) is 18.2 Å². The van der Waals surface area contributed by atoms with Crippen LogP contribution < -0.4 is 11.1 Å². The van der Waals surface area contributed by atoms with E-state index in [0.29, 0.717) is 17.8 Å². The quantitative estimate of drug-likeness (QED) is 0.351. The number of nitrogens with zero attached hydrogens (tertiary/aromatic N) is 1. The summed E-state index contributed by atoms with van der Waals surface area (Å²) in [4.78, 5) is 0. The van der Waals surface area contributed by atoms with Gasteiger partial charge in [0.2, 0.25) is 0 Å². The predicted molar refractivity (Wildman–Crippen MR) is 77.7 cm³/mol. The molecule has 4 nitrogen and oxygen atoms in total. The Morgan fingerprint density at radius 3 is 2.55 bits per heavy atom. The van der Waals surface area contributed by atoms with Gasteiger partial charge in [0, 0.05) is 17.8 Å². The van der Waals surface area contributed by atoms with Crippen molar-refractivity contribution < 1.29 is 9.60 Å². The molecule has 104 valence electrons. The zero-order valence-electron chi connectivity index (χ0n) is 10.5. The number of oxime groups is 1. The minimum absolute atomic E-state index is 0.0595. The van der Waals surface area contributed by atoms with Crippen molar-refractivity contribution in [3.63, 3.8) is 0 Å². The highest BCUT2D eigenvalue weighted by Crippen LogP contribution is 2.19. The minimum atomic E-state index is -0.459. The molecule has 0 heterocycles. The van der Waals surface area contributed by atoms with Crippen LogP contribution in [0.5, 0.6) is 0 Å². The lowest BCUT2D eigenvalue weighted by Crippen LogP contribution is -2.13. The molecule has 2 aromatic rings. The van der Waals surface area contributed by atoms with Crippen LogP contribution in [0.25, 0.3) is 0 Å². The number of nitrogens with two attached hydrogens (primary N) is 1. The third-order valence-electron chi connectivity index (χ3n) is 2.77. The Morgan fingerprint density at radius 2 is 1.95 bits per heavy atom. The van der Waals surface area contributed by atoms with E-state index in [-0.39, 0.29) is 10.9 Å². The first-order valence-corrected chi connectivity index (χ1v) is 6.23. The topological polar surface area (TPSA) is 70.6 Å². The Morgan fingerprint density at radius 1 is 1.25 bits per heavy atom. The van der Waals surface area contributed by atoms with Gasteiger partial charge in [-0.3, -0.25) is 0 Å². The smallest absolute Gasteiger partial charge is 0.170 e. The minimum Gasteiger partial charge on any atom is -0.409 e. The normalized spacial score (nSPS) is 11.4. The van der Waals surface area contributed by atoms with Crippen LogP contribution in [-0.4, -0.2) is 11.0 Å². The van der Waals surface area contributed by atoms with Crippen molar-refractivity contribution >= 4 is 23.1 Å². The SMILES string of the molecule is NC(=NO)c1ccc(CNc2ccc(Cl)c(F)c2)cc1. The Balaban J connectivity index is 2.02. The molecule has 0 aliphatic rings. The maximum Gasteiger partial charge on any atom is 0.170 e. The highest BCUT2D eigenvalue weighted by Gasteiger charge is 2.02. The van der Waals surface area contributed by atoms with Crippen LogP contribution in [-0.2, 0) is 6.54 Å². The number of nitrogens with one attached hydrogen (secondary N) is 1. The molecule has 2 aromatic carbocycles.